The Kier molecular flexibility index (Phi) is 7.55. The predicted octanol–water partition coefficient (Wildman–Crippen LogP) is 2.49. The number of carbonyl (C=O) groups is 1. The average molecular weight is 499 g/mol. The van der Waals surface area contributed by atoms with Crippen molar-refractivity contribution < 1.29 is 13.2 Å². The number of nitrogens with one attached hydrogen (secondary N) is 2. The maximum Gasteiger partial charge on any atom is 0.257 e. The second kappa shape index (κ2) is 10.6. The number of benzene rings is 2. The molecule has 2 N–H and O–H groups in total. The maximum atomic E-state index is 12.7. The molecular formula is C23H26N6O3S2. The lowest BCUT2D eigenvalue weighted by Crippen LogP contribution is -2.43. The van der Waals surface area contributed by atoms with Crippen LogP contribution in [0.15, 0.2) is 47.4 Å². The van der Waals surface area contributed by atoms with E-state index in [0.29, 0.717) is 10.7 Å². The number of rotatable bonds is 8. The Morgan fingerprint density at radius 1 is 1.15 bits per heavy atom. The van der Waals surface area contributed by atoms with Gasteiger partial charge in [-0.1, -0.05) is 17.4 Å². The van der Waals surface area contributed by atoms with Gasteiger partial charge in [0.25, 0.3) is 5.91 Å². The molecule has 3 aromatic rings. The standard InChI is InChI=1S/C23H26N6O3S2/c1-28-11-13-29(14-12-28)16-17-3-8-20-21(15-17)33-23(26-20)27-22(30)18-4-6-19(7-5-18)34(31,32)25-10-2-9-24/h3-8,15,25H,2,10-14,16H2,1H3,(H,26,27,30). The summed E-state index contributed by atoms with van der Waals surface area (Å²) in [6.07, 6.45) is 0.0826. The fourth-order valence-corrected chi connectivity index (χ4v) is 5.62. The Hall–Kier alpha value is -2.88. The molecule has 2 heterocycles. The molecule has 1 fully saturated rings. The number of fused-ring (bicyclic) bond motifs is 1. The highest BCUT2D eigenvalue weighted by Crippen LogP contribution is 2.28. The van der Waals surface area contributed by atoms with Crippen molar-refractivity contribution in [3.63, 3.8) is 0 Å². The number of sulfonamides is 1. The maximum absolute atomic E-state index is 12.7. The number of nitriles is 1. The number of hydrogen-bond acceptors (Lipinski definition) is 8. The monoisotopic (exact) mass is 498 g/mol. The molecule has 0 radical (unpaired) electrons. The number of carbonyl (C=O) groups excluding carboxylic acids is 1. The van der Waals surface area contributed by atoms with Crippen LogP contribution in [0.4, 0.5) is 5.13 Å². The zero-order valence-electron chi connectivity index (χ0n) is 18.8. The molecule has 11 heteroatoms. The van der Waals surface area contributed by atoms with Crippen molar-refractivity contribution in [3.05, 3.63) is 53.6 Å². The molecule has 178 valence electrons. The third-order valence-corrected chi connectivity index (χ3v) is 8.04. The first kappa shape index (κ1) is 24.3. The van der Waals surface area contributed by atoms with Crippen LogP contribution in [0.1, 0.15) is 22.3 Å². The minimum atomic E-state index is -3.72. The highest BCUT2D eigenvalue weighted by atomic mass is 32.2. The highest BCUT2D eigenvalue weighted by molar-refractivity contribution is 7.89. The molecule has 4 rings (SSSR count). The van der Waals surface area contributed by atoms with Crippen molar-refractivity contribution in [2.75, 3.05) is 45.1 Å². The van der Waals surface area contributed by atoms with Gasteiger partial charge in [0.05, 0.1) is 21.2 Å². The predicted molar refractivity (Wildman–Crippen MR) is 132 cm³/mol. The van der Waals surface area contributed by atoms with Crippen LogP contribution in [0.5, 0.6) is 0 Å². The summed E-state index contributed by atoms with van der Waals surface area (Å²) in [6.45, 7) is 5.18. The van der Waals surface area contributed by atoms with Crippen LogP contribution in [0.2, 0.25) is 0 Å². The van der Waals surface area contributed by atoms with Gasteiger partial charge < -0.3 is 4.90 Å². The molecule has 1 aliphatic heterocycles. The summed E-state index contributed by atoms with van der Waals surface area (Å²) in [7, 11) is -1.58. The van der Waals surface area contributed by atoms with Crippen LogP contribution in [0, 0.1) is 11.3 Å². The van der Waals surface area contributed by atoms with Gasteiger partial charge in [-0.15, -0.1) is 0 Å². The van der Waals surface area contributed by atoms with E-state index in [1.165, 1.54) is 41.2 Å². The molecule has 1 aromatic heterocycles. The van der Waals surface area contributed by atoms with E-state index in [4.69, 9.17) is 5.26 Å². The van der Waals surface area contributed by atoms with Crippen LogP contribution >= 0.6 is 11.3 Å². The van der Waals surface area contributed by atoms with E-state index < -0.39 is 10.0 Å². The molecule has 0 unspecified atom stereocenters. The minimum absolute atomic E-state index is 0.0369. The van der Waals surface area contributed by atoms with Gasteiger partial charge in [-0.05, 0) is 49.0 Å². The number of anilines is 1. The average Bonchev–Trinajstić information content (AvgIpc) is 3.22. The van der Waals surface area contributed by atoms with Gasteiger partial charge in [-0.2, -0.15) is 5.26 Å². The second-order valence-corrected chi connectivity index (χ2v) is 11.0. The zero-order chi connectivity index (χ0) is 24.1. The topological polar surface area (TPSA) is 118 Å². The molecule has 34 heavy (non-hydrogen) atoms. The molecule has 0 aliphatic carbocycles. The van der Waals surface area contributed by atoms with E-state index in [1.54, 1.807) is 0 Å². The van der Waals surface area contributed by atoms with Crippen molar-refractivity contribution in [2.45, 2.75) is 17.9 Å². The summed E-state index contributed by atoms with van der Waals surface area (Å²) in [4.78, 5) is 22.0. The number of thiazole rings is 1. The zero-order valence-corrected chi connectivity index (χ0v) is 20.5. The van der Waals surface area contributed by atoms with Gasteiger partial charge in [-0.3, -0.25) is 15.0 Å². The van der Waals surface area contributed by atoms with Crippen molar-refractivity contribution in [1.29, 1.82) is 5.26 Å². The van der Waals surface area contributed by atoms with Gasteiger partial charge in [-0.25, -0.2) is 18.1 Å². The molecular weight excluding hydrogens is 472 g/mol. The Morgan fingerprint density at radius 3 is 2.59 bits per heavy atom. The summed E-state index contributed by atoms with van der Waals surface area (Å²) >= 11 is 1.41. The molecule has 2 aromatic carbocycles. The summed E-state index contributed by atoms with van der Waals surface area (Å²) in [5.74, 6) is -0.363. The summed E-state index contributed by atoms with van der Waals surface area (Å²) in [5, 5.41) is 11.8. The van der Waals surface area contributed by atoms with Crippen LogP contribution in [0.3, 0.4) is 0 Å². The van der Waals surface area contributed by atoms with Crippen molar-refractivity contribution >= 4 is 42.6 Å². The Labute approximate surface area is 203 Å². The molecule has 9 nitrogen and oxygen atoms in total. The number of nitrogens with zero attached hydrogens (tertiary/aromatic N) is 4. The summed E-state index contributed by atoms with van der Waals surface area (Å²) in [5.41, 5.74) is 2.37. The van der Waals surface area contributed by atoms with Gasteiger partial charge in [0, 0.05) is 51.3 Å². The van der Waals surface area contributed by atoms with Crippen LogP contribution in [0.25, 0.3) is 10.2 Å². The molecule has 1 amide bonds. The van der Waals surface area contributed by atoms with E-state index in [9.17, 15) is 13.2 Å². The van der Waals surface area contributed by atoms with Gasteiger partial charge in [0.2, 0.25) is 10.0 Å². The fraction of sp³-hybridized carbons (Fsp3) is 0.348. The van der Waals surface area contributed by atoms with Crippen molar-refractivity contribution in [3.8, 4) is 6.07 Å². The van der Waals surface area contributed by atoms with Crippen molar-refractivity contribution in [2.24, 2.45) is 0 Å². The quantitative estimate of drug-likeness (QED) is 0.458. The smallest absolute Gasteiger partial charge is 0.257 e. The van der Waals surface area contributed by atoms with Crippen LogP contribution in [-0.4, -0.2) is 68.9 Å². The second-order valence-electron chi connectivity index (χ2n) is 8.18. The Bertz CT molecular complexity index is 1310. The van der Waals surface area contributed by atoms with Crippen LogP contribution < -0.4 is 10.0 Å². The number of aromatic nitrogens is 1. The lowest BCUT2D eigenvalue weighted by atomic mass is 10.2. The lowest BCUT2D eigenvalue weighted by Gasteiger charge is -2.32. The lowest BCUT2D eigenvalue weighted by molar-refractivity contribution is 0.102. The molecule has 0 spiro atoms. The van der Waals surface area contributed by atoms with E-state index >= 15 is 0 Å². The third-order valence-electron chi connectivity index (χ3n) is 5.63. The summed E-state index contributed by atoms with van der Waals surface area (Å²) in [6, 6.07) is 13.7. The summed E-state index contributed by atoms with van der Waals surface area (Å²) < 4.78 is 27.8. The molecule has 0 saturated carbocycles. The number of hydrogen-bond donors (Lipinski definition) is 2. The largest absolute Gasteiger partial charge is 0.304 e. The number of piperazine rings is 1. The molecule has 0 atom stereocenters. The molecule has 1 saturated heterocycles. The van der Waals surface area contributed by atoms with Gasteiger partial charge in [0.15, 0.2) is 5.13 Å². The van der Waals surface area contributed by atoms with E-state index in [2.05, 4.69) is 44.0 Å². The first-order chi connectivity index (χ1) is 16.3. The minimum Gasteiger partial charge on any atom is -0.304 e. The van der Waals surface area contributed by atoms with Crippen LogP contribution in [-0.2, 0) is 16.6 Å². The van der Waals surface area contributed by atoms with Crippen molar-refractivity contribution in [1.82, 2.24) is 19.5 Å². The highest BCUT2D eigenvalue weighted by Gasteiger charge is 2.17. The first-order valence-corrected chi connectivity index (χ1v) is 13.2. The van der Waals surface area contributed by atoms with E-state index in [0.717, 1.165) is 42.9 Å². The van der Waals surface area contributed by atoms with Gasteiger partial charge >= 0.3 is 0 Å². The number of amides is 1. The normalized spacial score (nSPS) is 15.3. The Morgan fingerprint density at radius 2 is 1.88 bits per heavy atom. The SMILES string of the molecule is CN1CCN(Cc2ccc3nc(NC(=O)c4ccc(S(=O)(=O)NCCC#N)cc4)sc3c2)CC1. The third kappa shape index (κ3) is 5.97. The fourth-order valence-electron chi connectivity index (χ4n) is 3.66. The molecule has 1 aliphatic rings. The molecule has 0 bridgehead atoms. The van der Waals surface area contributed by atoms with Gasteiger partial charge in [0.1, 0.15) is 0 Å². The Balaban J connectivity index is 1.40. The first-order valence-electron chi connectivity index (χ1n) is 10.9. The van der Waals surface area contributed by atoms with E-state index in [1.807, 2.05) is 12.1 Å². The van der Waals surface area contributed by atoms with E-state index in [-0.39, 0.29) is 23.8 Å². The number of likely N-dealkylation sites (N-methyl/N-ethyl adjacent to an activating group) is 1.